The number of ketones is 1. The highest BCUT2D eigenvalue weighted by atomic mass is 35.5. The van der Waals surface area contributed by atoms with E-state index in [1.54, 1.807) is 43.0 Å². The van der Waals surface area contributed by atoms with Crippen LogP contribution >= 0.6 is 34.7 Å². The highest BCUT2D eigenvalue weighted by Gasteiger charge is 2.31. The summed E-state index contributed by atoms with van der Waals surface area (Å²) in [6.07, 6.45) is 8.02. The van der Waals surface area contributed by atoms with Gasteiger partial charge in [0.25, 0.3) is 0 Å². The van der Waals surface area contributed by atoms with Gasteiger partial charge in [0, 0.05) is 28.5 Å². The van der Waals surface area contributed by atoms with E-state index >= 15 is 0 Å². The molecule has 0 N–H and O–H groups in total. The van der Waals surface area contributed by atoms with Crippen molar-refractivity contribution >= 4 is 46.5 Å². The van der Waals surface area contributed by atoms with Crippen molar-refractivity contribution in [3.63, 3.8) is 0 Å². The number of carbonyl (C=O) groups is 2. The lowest BCUT2D eigenvalue weighted by Crippen LogP contribution is -2.31. The van der Waals surface area contributed by atoms with Crippen LogP contribution in [0.2, 0.25) is 5.02 Å². The number of thioether (sulfide) groups is 1. The summed E-state index contributed by atoms with van der Waals surface area (Å²) >= 11 is 9.07. The largest absolute Gasteiger partial charge is 0.466 e. The molecule has 0 aliphatic heterocycles. The minimum Gasteiger partial charge on any atom is -0.466 e. The fourth-order valence-electron chi connectivity index (χ4n) is 3.10. The number of rotatable bonds is 9. The number of hydrogen-bond acceptors (Lipinski definition) is 5. The number of ether oxygens (including phenoxy) is 1. The lowest BCUT2D eigenvalue weighted by atomic mass is 10.0. The lowest BCUT2D eigenvalue weighted by molar-refractivity contribution is -0.598. The van der Waals surface area contributed by atoms with Gasteiger partial charge in [0.2, 0.25) is 11.5 Å². The molecule has 0 aliphatic rings. The molecule has 0 spiro atoms. The Kier molecular flexibility index (Phi) is 8.67. The van der Waals surface area contributed by atoms with E-state index in [1.165, 1.54) is 11.3 Å². The number of halogens is 1. The quantitative estimate of drug-likeness (QED) is 0.122. The Labute approximate surface area is 201 Å². The summed E-state index contributed by atoms with van der Waals surface area (Å²) in [5.74, 6) is 0.288. The van der Waals surface area contributed by atoms with Gasteiger partial charge >= 0.3 is 5.97 Å². The van der Waals surface area contributed by atoms with Gasteiger partial charge in [-0.1, -0.05) is 23.8 Å². The average Bonchev–Trinajstić information content (AvgIpc) is 3.12. The number of esters is 1. The maximum Gasteiger partial charge on any atom is 0.310 e. The number of benzene rings is 1. The number of carbonyl (C=O) groups excluding carboxylic acids is 2. The van der Waals surface area contributed by atoms with Gasteiger partial charge in [0.05, 0.1) is 23.5 Å². The van der Waals surface area contributed by atoms with Crippen LogP contribution in [0.25, 0.3) is 5.69 Å². The van der Waals surface area contributed by atoms with Crippen LogP contribution in [0.1, 0.15) is 40.2 Å². The first-order chi connectivity index (χ1) is 15.4. The number of aryl methyl sites for hydroxylation is 1. The number of allylic oxidation sites excluding steroid dienone is 1. The van der Waals surface area contributed by atoms with E-state index in [1.807, 2.05) is 49.0 Å². The number of pyridine rings is 1. The molecule has 0 atom stereocenters. The second-order valence-corrected chi connectivity index (χ2v) is 9.77. The maximum absolute atomic E-state index is 13.5. The second-order valence-electron chi connectivity index (χ2n) is 7.03. The summed E-state index contributed by atoms with van der Waals surface area (Å²) in [6.45, 7) is 6.07. The number of thiophene rings is 1. The molecule has 0 amide bonds. The maximum atomic E-state index is 13.5. The van der Waals surface area contributed by atoms with E-state index in [4.69, 9.17) is 16.3 Å². The summed E-state index contributed by atoms with van der Waals surface area (Å²) in [6, 6.07) is 10.8. The van der Waals surface area contributed by atoms with Gasteiger partial charge in [-0.15, -0.1) is 23.1 Å². The Morgan fingerprint density at radius 3 is 2.47 bits per heavy atom. The van der Waals surface area contributed by atoms with Crippen LogP contribution in [0.3, 0.4) is 0 Å². The molecule has 0 saturated carbocycles. The Morgan fingerprint density at radius 1 is 1.16 bits per heavy atom. The zero-order valence-electron chi connectivity index (χ0n) is 18.3. The van der Waals surface area contributed by atoms with Crippen molar-refractivity contribution in [2.24, 2.45) is 0 Å². The van der Waals surface area contributed by atoms with Gasteiger partial charge < -0.3 is 4.74 Å². The topological polar surface area (TPSA) is 47.3 Å². The summed E-state index contributed by atoms with van der Waals surface area (Å²) in [5.41, 5.74) is 3.20. The zero-order valence-corrected chi connectivity index (χ0v) is 20.7. The Bertz CT molecular complexity index is 1120. The molecule has 4 nitrogen and oxygen atoms in total. The molecule has 0 bridgehead atoms. The van der Waals surface area contributed by atoms with E-state index in [9.17, 15) is 9.59 Å². The van der Waals surface area contributed by atoms with Crippen molar-refractivity contribution in [3.05, 3.63) is 87.5 Å². The van der Waals surface area contributed by atoms with E-state index in [0.717, 1.165) is 21.2 Å². The van der Waals surface area contributed by atoms with Crippen molar-refractivity contribution in [1.82, 2.24) is 0 Å². The molecule has 0 unspecified atom stereocenters. The summed E-state index contributed by atoms with van der Waals surface area (Å²) in [5, 5.41) is 0.568. The minimum atomic E-state index is -0.352. The van der Waals surface area contributed by atoms with Crippen molar-refractivity contribution in [2.75, 3.05) is 12.4 Å². The molecule has 0 fully saturated rings. The van der Waals surface area contributed by atoms with Crippen LogP contribution < -0.4 is 4.57 Å². The van der Waals surface area contributed by atoms with E-state index in [0.29, 0.717) is 27.6 Å². The van der Waals surface area contributed by atoms with Gasteiger partial charge in [-0.25, -0.2) is 0 Å². The zero-order chi connectivity index (χ0) is 23.1. The Hall–Kier alpha value is -2.41. The van der Waals surface area contributed by atoms with Crippen LogP contribution in [-0.4, -0.2) is 24.1 Å². The highest BCUT2D eigenvalue weighted by molar-refractivity contribution is 8.01. The first-order valence-corrected chi connectivity index (χ1v) is 12.5. The van der Waals surface area contributed by atoms with Crippen LogP contribution in [0.5, 0.6) is 0 Å². The molecule has 166 valence electrons. The van der Waals surface area contributed by atoms with Crippen molar-refractivity contribution in [2.45, 2.75) is 31.4 Å². The fraction of sp³-hybridized carbons (Fsp3) is 0.240. The van der Waals surface area contributed by atoms with E-state index < -0.39 is 0 Å². The van der Waals surface area contributed by atoms with E-state index in [2.05, 4.69) is 6.08 Å². The molecule has 2 heterocycles. The first kappa shape index (κ1) is 24.2. The second kappa shape index (κ2) is 11.5. The van der Waals surface area contributed by atoms with Crippen molar-refractivity contribution in [1.29, 1.82) is 0 Å². The van der Waals surface area contributed by atoms with Crippen LogP contribution in [-0.2, 0) is 16.0 Å². The molecule has 0 radical (unpaired) electrons. The molecule has 2 aromatic heterocycles. The van der Waals surface area contributed by atoms with Gasteiger partial charge in [-0.3, -0.25) is 9.59 Å². The molecular weight excluding hydrogens is 462 g/mol. The molecular formula is C25H25ClNO3S2+. The average molecular weight is 487 g/mol. The normalized spacial score (nSPS) is 11.1. The smallest absolute Gasteiger partial charge is 0.310 e. The number of nitrogens with zero attached hydrogens (tertiary/aromatic N) is 1. The summed E-state index contributed by atoms with van der Waals surface area (Å²) in [7, 11) is 0. The number of hydrogen-bond donors (Lipinski definition) is 0. The summed E-state index contributed by atoms with van der Waals surface area (Å²) < 4.78 is 8.19. The molecule has 7 heteroatoms. The van der Waals surface area contributed by atoms with Gasteiger partial charge in [-0.2, -0.15) is 4.57 Å². The predicted molar refractivity (Wildman–Crippen MR) is 131 cm³/mol. The molecule has 0 saturated heterocycles. The summed E-state index contributed by atoms with van der Waals surface area (Å²) in [4.78, 5) is 26.5. The third kappa shape index (κ3) is 5.88. The van der Waals surface area contributed by atoms with Crippen molar-refractivity contribution in [3.8, 4) is 5.69 Å². The molecule has 3 aromatic rings. The third-order valence-corrected chi connectivity index (χ3v) is 7.37. The molecule has 1 aromatic carbocycles. The van der Waals surface area contributed by atoms with Gasteiger partial charge in [0.1, 0.15) is 4.21 Å². The standard InChI is InChI=1S/C25H25ClNO3S2/c1-4-6-15-31-25-22(27-13-11-17(3)12-14-27)20(16-21(28)30-5-2)24(32-25)23(29)18-7-9-19(26)10-8-18/h4,6-14H,5,15-16H2,1-3H3/q+1/b6-4+. The highest BCUT2D eigenvalue weighted by Crippen LogP contribution is 2.38. The minimum absolute atomic E-state index is 0.0272. The van der Waals surface area contributed by atoms with Crippen LogP contribution in [0.4, 0.5) is 0 Å². The van der Waals surface area contributed by atoms with Gasteiger partial charge in [-0.05, 0) is 50.6 Å². The predicted octanol–water partition coefficient (Wildman–Crippen LogP) is 5.99. The number of aromatic nitrogens is 1. The lowest BCUT2D eigenvalue weighted by Gasteiger charge is -2.06. The Balaban J connectivity index is 2.18. The van der Waals surface area contributed by atoms with Gasteiger partial charge in [0.15, 0.2) is 12.4 Å². The molecule has 3 rings (SSSR count). The SMILES string of the molecule is C/C=C/CSc1sc(C(=O)c2ccc(Cl)cc2)c(CC(=O)OCC)c1-[n+]1ccc(C)cc1. The molecule has 0 aliphatic carbocycles. The third-order valence-electron chi connectivity index (χ3n) is 4.69. The van der Waals surface area contributed by atoms with E-state index in [-0.39, 0.29) is 18.2 Å². The van der Waals surface area contributed by atoms with Crippen LogP contribution in [0, 0.1) is 6.92 Å². The monoisotopic (exact) mass is 486 g/mol. The van der Waals surface area contributed by atoms with Crippen LogP contribution in [0.15, 0.2) is 65.2 Å². The fourth-order valence-corrected chi connectivity index (χ4v) is 5.73. The Morgan fingerprint density at radius 2 is 1.84 bits per heavy atom. The van der Waals surface area contributed by atoms with Crippen molar-refractivity contribution < 1.29 is 18.9 Å². The first-order valence-electron chi connectivity index (χ1n) is 10.3. The molecule has 32 heavy (non-hydrogen) atoms.